The molecule has 1 saturated carbocycles. The van der Waals surface area contributed by atoms with Gasteiger partial charge >= 0.3 is 0 Å². The number of hydrogen-bond acceptors (Lipinski definition) is 15. The van der Waals surface area contributed by atoms with Crippen molar-refractivity contribution in [2.75, 3.05) is 36.5 Å². The summed E-state index contributed by atoms with van der Waals surface area (Å²) in [6.45, 7) is 25.9. The number of rotatable bonds is 23. The van der Waals surface area contributed by atoms with Crippen molar-refractivity contribution in [1.82, 2.24) is 45.3 Å². The molecular formula is C76H91N15O9. The summed E-state index contributed by atoms with van der Waals surface area (Å²) in [5.41, 5.74) is 44.4. The average molecular weight is 1360 g/mol. The van der Waals surface area contributed by atoms with Gasteiger partial charge < -0.3 is 64.1 Å². The molecule has 24 heteroatoms. The van der Waals surface area contributed by atoms with E-state index in [1.807, 2.05) is 179 Å². The highest BCUT2D eigenvalue weighted by Gasteiger charge is 2.31. The van der Waals surface area contributed by atoms with Gasteiger partial charge in [-0.25, -0.2) is 14.0 Å². The Bertz CT molecular complexity index is 4540. The molecule has 100 heavy (non-hydrogen) atoms. The van der Waals surface area contributed by atoms with Crippen molar-refractivity contribution >= 4 is 52.5 Å². The average Bonchev–Trinajstić information content (AvgIpc) is 1.65. The molecule has 1 unspecified atom stereocenters. The molecule has 6 aromatic carbocycles. The quantitative estimate of drug-likeness (QED) is 0.0287. The molecule has 0 bridgehead atoms. The number of benzene rings is 6. The van der Waals surface area contributed by atoms with Gasteiger partial charge in [-0.2, -0.15) is 15.3 Å². The maximum Gasteiger partial charge on any atom is 0.269 e. The van der Waals surface area contributed by atoms with Gasteiger partial charge in [0.05, 0.1) is 64.7 Å². The molecule has 24 nitrogen and oxygen atoms in total. The van der Waals surface area contributed by atoms with E-state index < -0.39 is 17.7 Å². The lowest BCUT2D eigenvalue weighted by atomic mass is 9.98. The summed E-state index contributed by atoms with van der Waals surface area (Å²) in [6.07, 6.45) is 3.18. The van der Waals surface area contributed by atoms with Gasteiger partial charge in [0, 0.05) is 43.2 Å². The van der Waals surface area contributed by atoms with Crippen LogP contribution in [0, 0.1) is 34.6 Å². The van der Waals surface area contributed by atoms with Gasteiger partial charge in [0.25, 0.3) is 35.4 Å². The van der Waals surface area contributed by atoms with Crippen molar-refractivity contribution in [3.63, 3.8) is 0 Å². The lowest BCUT2D eigenvalue weighted by Crippen LogP contribution is -2.24. The lowest BCUT2D eigenvalue weighted by molar-refractivity contribution is 0.0939. The molecule has 1 aliphatic heterocycles. The molecule has 0 saturated heterocycles. The zero-order chi connectivity index (χ0) is 72.4. The van der Waals surface area contributed by atoms with Crippen LogP contribution in [0.3, 0.4) is 0 Å². The highest BCUT2D eigenvalue weighted by molar-refractivity contribution is 6.00. The van der Waals surface area contributed by atoms with Crippen LogP contribution in [-0.2, 0) is 19.6 Å². The number of ether oxygens (including phenoxy) is 3. The second-order valence-corrected chi connectivity index (χ2v) is 25.8. The number of nitrogens with two attached hydrogens (primary N) is 5. The fourth-order valence-electron chi connectivity index (χ4n) is 11.6. The first-order valence-electron chi connectivity index (χ1n) is 33.6. The Kier molecular flexibility index (Phi) is 23.2. The van der Waals surface area contributed by atoms with Crippen LogP contribution >= 0.6 is 0 Å². The molecule has 1 atom stereocenters. The number of aryl methyl sites for hydroxylation is 5. The first kappa shape index (κ1) is 72.8. The highest BCUT2D eigenvalue weighted by atomic mass is 16.5. The molecule has 1 fully saturated rings. The third-order valence-electron chi connectivity index (χ3n) is 17.1. The zero-order valence-electron chi connectivity index (χ0n) is 58.9. The van der Waals surface area contributed by atoms with Crippen molar-refractivity contribution in [1.29, 1.82) is 0 Å². The fraction of sp³-hybridized carbons (Fsp3) is 0.329. The molecule has 0 radical (unpaired) electrons. The number of anilines is 3. The summed E-state index contributed by atoms with van der Waals surface area (Å²) in [6, 6.07) is 35.7. The van der Waals surface area contributed by atoms with Crippen LogP contribution in [0.2, 0.25) is 0 Å². The minimum atomic E-state index is -0.673. The van der Waals surface area contributed by atoms with Crippen LogP contribution in [0.1, 0.15) is 210 Å². The van der Waals surface area contributed by atoms with Crippen molar-refractivity contribution < 1.29 is 43.0 Å². The molecule has 524 valence electrons. The molecule has 1 aliphatic carbocycles. The van der Waals surface area contributed by atoms with Crippen molar-refractivity contribution in [2.24, 2.45) is 17.2 Å². The van der Waals surface area contributed by atoms with E-state index >= 15 is 0 Å². The van der Waals surface area contributed by atoms with Crippen molar-refractivity contribution in [3.05, 3.63) is 211 Å². The first-order valence-corrected chi connectivity index (χ1v) is 33.6. The number of carbonyl (C=O) groups is 6. The largest absolute Gasteiger partial charge is 0.492 e. The van der Waals surface area contributed by atoms with Gasteiger partial charge in [0.2, 0.25) is 0 Å². The predicted molar refractivity (Wildman–Crippen MR) is 387 cm³/mol. The topological polar surface area (TPSA) is 362 Å². The standard InChI is InChI=1S/C27H33N5O4.C25H31N5O3.C24H27N5O2/c1-5-35-22-13-17(7-10-20(22)32-25(26(29)33)23(28)24(31-32)15(2)3)14-30-27(34)19-12-16(4)6-11-21(19)36-18-8-9-18;1-6-33-20-12-17(13-28-25(32)18-11-15(4)7-8-16(18)5)9-10-19(20)30-23(24(27)31)21(26)22(29-30)14(2)3;1-14-4-5-15(2)19(12-14)24(31)27-13-17-6-8-18(9-7-17)29-22(23(25)30)21-20(28-29)16(3)10-11-26-21/h6-7,10-13,15,18H,5,8-9,14,28H2,1-4H3,(H2,29,33)(H,30,34);7-12,14H,6,13,26H2,1-5H3,(H2,27,31)(H,28,32);4-9,12,16,26H,10-11,13H2,1-3H3,(H2,25,30)(H,27,31). The zero-order valence-corrected chi connectivity index (χ0v) is 58.9. The Hall–Kier alpha value is -11.4. The second kappa shape index (κ2) is 31.8. The molecule has 9 aromatic rings. The summed E-state index contributed by atoms with van der Waals surface area (Å²) < 4.78 is 22.1. The maximum absolute atomic E-state index is 13.0. The van der Waals surface area contributed by atoms with Crippen LogP contribution in [0.5, 0.6) is 17.2 Å². The summed E-state index contributed by atoms with van der Waals surface area (Å²) in [4.78, 5) is 74.8. The van der Waals surface area contributed by atoms with Gasteiger partial charge in [0.1, 0.15) is 28.6 Å². The van der Waals surface area contributed by atoms with Gasteiger partial charge in [-0.1, -0.05) is 106 Å². The molecule has 3 aromatic heterocycles. The maximum atomic E-state index is 13.0. The molecule has 11 rings (SSSR count). The predicted octanol–water partition coefficient (Wildman–Crippen LogP) is 10.9. The first-order chi connectivity index (χ1) is 47.7. The molecule has 14 N–H and O–H groups in total. The van der Waals surface area contributed by atoms with E-state index in [9.17, 15) is 28.8 Å². The van der Waals surface area contributed by atoms with Crippen LogP contribution in [0.15, 0.2) is 115 Å². The van der Waals surface area contributed by atoms with E-state index in [2.05, 4.69) is 43.5 Å². The summed E-state index contributed by atoms with van der Waals surface area (Å²) in [5.74, 6) is -0.422. The third-order valence-corrected chi connectivity index (χ3v) is 17.1. The van der Waals surface area contributed by atoms with Gasteiger partial charge in [-0.15, -0.1) is 0 Å². The number of nitrogens with zero attached hydrogens (tertiary/aromatic N) is 6. The van der Waals surface area contributed by atoms with Crippen molar-refractivity contribution in [2.45, 2.75) is 146 Å². The van der Waals surface area contributed by atoms with Gasteiger partial charge in [0.15, 0.2) is 17.1 Å². The number of carbonyl (C=O) groups excluding carboxylic acids is 6. The normalized spacial score (nSPS) is 13.0. The minimum absolute atomic E-state index is 0.00443. The van der Waals surface area contributed by atoms with E-state index in [1.165, 1.54) is 9.36 Å². The summed E-state index contributed by atoms with van der Waals surface area (Å²) in [7, 11) is 0. The van der Waals surface area contributed by atoms with E-state index in [4.69, 9.17) is 42.9 Å². The SMILES string of the molecule is CCOc1cc(CNC(=O)c2cc(C)ccc2C)ccc1-n1nc(C(C)C)c(N)c1C(N)=O.CCOc1cc(CNC(=O)c2cc(C)ccc2OC2CC2)ccc1-n1nc(C(C)C)c(N)c1C(N)=O.Cc1ccc(C)c(C(=O)NCc2ccc(-n3nc4c(c3C(N)=O)NCCC4C)cc2)c1. The number of primary amides is 3. The van der Waals surface area contributed by atoms with E-state index in [0.717, 1.165) is 87.4 Å². The molecule has 6 amide bonds. The van der Waals surface area contributed by atoms with Crippen LogP contribution < -0.4 is 64.1 Å². The number of hydrogen-bond donors (Lipinski definition) is 9. The Morgan fingerprint density at radius 2 is 0.930 bits per heavy atom. The number of amides is 6. The van der Waals surface area contributed by atoms with Gasteiger partial charge in [-0.05, 0) is 168 Å². The molecular weight excluding hydrogens is 1270 g/mol. The third kappa shape index (κ3) is 16.9. The van der Waals surface area contributed by atoms with Crippen LogP contribution in [0.4, 0.5) is 17.1 Å². The van der Waals surface area contributed by atoms with E-state index in [0.29, 0.717) is 88.7 Å². The number of nitrogens with one attached hydrogen (secondary N) is 4. The Morgan fingerprint density at radius 3 is 1.36 bits per heavy atom. The summed E-state index contributed by atoms with van der Waals surface area (Å²) in [5, 5.41) is 25.9. The molecule has 2 aliphatic rings. The highest BCUT2D eigenvalue weighted by Crippen LogP contribution is 2.37. The van der Waals surface area contributed by atoms with Crippen LogP contribution in [0.25, 0.3) is 17.1 Å². The summed E-state index contributed by atoms with van der Waals surface area (Å²) >= 11 is 0. The Labute approximate surface area is 582 Å². The number of nitrogen functional groups attached to an aromatic ring is 2. The Balaban J connectivity index is 0.000000175. The van der Waals surface area contributed by atoms with Crippen LogP contribution in [-0.4, -0.2) is 90.6 Å². The van der Waals surface area contributed by atoms with E-state index in [-0.39, 0.29) is 70.9 Å². The minimum Gasteiger partial charge on any atom is -0.492 e. The van der Waals surface area contributed by atoms with Crippen molar-refractivity contribution in [3.8, 4) is 34.3 Å². The molecule has 4 heterocycles. The Morgan fingerprint density at radius 1 is 0.510 bits per heavy atom. The monoisotopic (exact) mass is 1360 g/mol. The van der Waals surface area contributed by atoms with Gasteiger partial charge in [-0.3, -0.25) is 28.8 Å². The molecule has 0 spiro atoms. The number of fused-ring (bicyclic) bond motifs is 1. The second-order valence-electron chi connectivity index (χ2n) is 25.8. The smallest absolute Gasteiger partial charge is 0.269 e. The fourth-order valence-corrected chi connectivity index (χ4v) is 11.6. The number of aromatic nitrogens is 6. The lowest BCUT2D eigenvalue weighted by Gasteiger charge is -2.18. The van der Waals surface area contributed by atoms with E-state index in [1.54, 1.807) is 16.8 Å².